The van der Waals surface area contributed by atoms with E-state index in [1.54, 1.807) is 0 Å². The van der Waals surface area contributed by atoms with E-state index in [0.29, 0.717) is 13.0 Å². The smallest absolute Gasteiger partial charge is 0.305 e. The molecule has 0 aromatic carbocycles. The lowest BCUT2D eigenvalue weighted by Gasteiger charge is -2.07. The molecule has 0 heterocycles. The zero-order chi connectivity index (χ0) is 11.5. The van der Waals surface area contributed by atoms with Gasteiger partial charge in [0.15, 0.2) is 0 Å². The van der Waals surface area contributed by atoms with Crippen LogP contribution in [0.2, 0.25) is 0 Å². The Bertz CT molecular complexity index is 155. The first kappa shape index (κ1) is 14.5. The monoisotopic (exact) mass is 214 g/mol. The molecular weight excluding hydrogens is 188 g/mol. The van der Waals surface area contributed by atoms with Gasteiger partial charge < -0.3 is 4.74 Å². The van der Waals surface area contributed by atoms with Gasteiger partial charge in [-0.3, -0.25) is 4.79 Å². The first-order chi connectivity index (χ1) is 7.20. The first-order valence-electron chi connectivity index (χ1n) is 6.36. The third-order valence-corrected chi connectivity index (χ3v) is 2.84. The SMILES string of the molecule is CCC(=O)OCCCCCCC(C)CC. The standard InChI is InChI=1S/C13H26O2/c1-4-12(3)10-8-6-7-9-11-15-13(14)5-2/h12H,4-11H2,1-3H3. The summed E-state index contributed by atoms with van der Waals surface area (Å²) in [5.74, 6) is 0.789. The maximum Gasteiger partial charge on any atom is 0.305 e. The first-order valence-corrected chi connectivity index (χ1v) is 6.36. The van der Waals surface area contributed by atoms with Crippen LogP contribution in [-0.2, 0) is 9.53 Å². The summed E-state index contributed by atoms with van der Waals surface area (Å²) in [4.78, 5) is 10.8. The third-order valence-electron chi connectivity index (χ3n) is 2.84. The van der Waals surface area contributed by atoms with E-state index >= 15 is 0 Å². The number of unbranched alkanes of at least 4 members (excludes halogenated alkanes) is 3. The van der Waals surface area contributed by atoms with Gasteiger partial charge in [-0.25, -0.2) is 0 Å². The molecule has 0 spiro atoms. The molecule has 0 fully saturated rings. The Hall–Kier alpha value is -0.530. The van der Waals surface area contributed by atoms with Crippen LogP contribution >= 0.6 is 0 Å². The molecule has 0 aliphatic rings. The molecule has 1 unspecified atom stereocenters. The predicted octanol–water partition coefficient (Wildman–Crippen LogP) is 3.94. The number of esters is 1. The summed E-state index contributed by atoms with van der Waals surface area (Å²) in [6.45, 7) is 6.99. The molecule has 0 radical (unpaired) electrons. The van der Waals surface area contributed by atoms with Crippen LogP contribution in [0.1, 0.15) is 65.7 Å². The number of ether oxygens (including phenoxy) is 1. The normalized spacial score (nSPS) is 12.5. The van der Waals surface area contributed by atoms with Crippen molar-refractivity contribution in [1.29, 1.82) is 0 Å². The second-order valence-corrected chi connectivity index (χ2v) is 4.29. The molecule has 0 amide bonds. The summed E-state index contributed by atoms with van der Waals surface area (Å²) < 4.78 is 5.00. The molecule has 0 rings (SSSR count). The third kappa shape index (κ3) is 9.77. The van der Waals surface area contributed by atoms with E-state index in [4.69, 9.17) is 4.74 Å². The average molecular weight is 214 g/mol. The summed E-state index contributed by atoms with van der Waals surface area (Å²) in [6, 6.07) is 0. The Balaban J connectivity index is 3.08. The highest BCUT2D eigenvalue weighted by Gasteiger charge is 1.99. The van der Waals surface area contributed by atoms with Gasteiger partial charge in [0.2, 0.25) is 0 Å². The molecule has 0 aromatic rings. The van der Waals surface area contributed by atoms with Gasteiger partial charge in [0.25, 0.3) is 0 Å². The Morgan fingerprint density at radius 3 is 2.40 bits per heavy atom. The van der Waals surface area contributed by atoms with Gasteiger partial charge in [-0.2, -0.15) is 0 Å². The van der Waals surface area contributed by atoms with Gasteiger partial charge in [0.1, 0.15) is 0 Å². The molecule has 0 saturated heterocycles. The van der Waals surface area contributed by atoms with Crippen LogP contribution in [-0.4, -0.2) is 12.6 Å². The minimum Gasteiger partial charge on any atom is -0.466 e. The van der Waals surface area contributed by atoms with Crippen LogP contribution in [0.15, 0.2) is 0 Å². The van der Waals surface area contributed by atoms with Crippen molar-refractivity contribution in [3.05, 3.63) is 0 Å². The van der Waals surface area contributed by atoms with Crippen molar-refractivity contribution < 1.29 is 9.53 Å². The van der Waals surface area contributed by atoms with Crippen LogP contribution < -0.4 is 0 Å². The maximum atomic E-state index is 10.8. The Kier molecular flexibility index (Phi) is 9.65. The van der Waals surface area contributed by atoms with E-state index in [1.807, 2.05) is 6.92 Å². The highest BCUT2D eigenvalue weighted by Crippen LogP contribution is 2.12. The van der Waals surface area contributed by atoms with Crippen LogP contribution in [0.4, 0.5) is 0 Å². The molecule has 15 heavy (non-hydrogen) atoms. The van der Waals surface area contributed by atoms with Gasteiger partial charge >= 0.3 is 5.97 Å². The van der Waals surface area contributed by atoms with E-state index < -0.39 is 0 Å². The molecule has 0 aliphatic carbocycles. The minimum atomic E-state index is -0.0744. The van der Waals surface area contributed by atoms with Gasteiger partial charge in [0.05, 0.1) is 6.61 Å². The predicted molar refractivity (Wildman–Crippen MR) is 63.8 cm³/mol. The van der Waals surface area contributed by atoms with E-state index in [9.17, 15) is 4.79 Å². The summed E-state index contributed by atoms with van der Waals surface area (Å²) in [5, 5.41) is 0. The highest BCUT2D eigenvalue weighted by atomic mass is 16.5. The summed E-state index contributed by atoms with van der Waals surface area (Å²) in [6.07, 6.45) is 7.91. The van der Waals surface area contributed by atoms with Crippen LogP contribution in [0, 0.1) is 5.92 Å². The Morgan fingerprint density at radius 2 is 1.80 bits per heavy atom. The molecule has 0 bridgehead atoms. The van der Waals surface area contributed by atoms with Crippen molar-refractivity contribution in [1.82, 2.24) is 0 Å². The molecule has 2 nitrogen and oxygen atoms in total. The lowest BCUT2D eigenvalue weighted by Crippen LogP contribution is -2.03. The summed E-state index contributed by atoms with van der Waals surface area (Å²) in [5.41, 5.74) is 0. The zero-order valence-electron chi connectivity index (χ0n) is 10.6. The minimum absolute atomic E-state index is 0.0744. The molecule has 90 valence electrons. The molecule has 1 atom stereocenters. The second kappa shape index (κ2) is 10.0. The van der Waals surface area contributed by atoms with E-state index in [-0.39, 0.29) is 5.97 Å². The fraction of sp³-hybridized carbons (Fsp3) is 0.923. The molecule has 0 N–H and O–H groups in total. The lowest BCUT2D eigenvalue weighted by molar-refractivity contribution is -0.143. The maximum absolute atomic E-state index is 10.8. The fourth-order valence-corrected chi connectivity index (χ4v) is 1.44. The Labute approximate surface area is 94.4 Å². The second-order valence-electron chi connectivity index (χ2n) is 4.29. The quantitative estimate of drug-likeness (QED) is 0.429. The van der Waals surface area contributed by atoms with Crippen molar-refractivity contribution >= 4 is 5.97 Å². The van der Waals surface area contributed by atoms with Crippen molar-refractivity contribution in [2.24, 2.45) is 5.92 Å². The number of carbonyl (C=O) groups is 1. The van der Waals surface area contributed by atoms with E-state index in [1.165, 1.54) is 32.1 Å². The average Bonchev–Trinajstić information content (AvgIpc) is 2.26. The van der Waals surface area contributed by atoms with Gasteiger partial charge in [-0.05, 0) is 12.3 Å². The van der Waals surface area contributed by atoms with Crippen molar-refractivity contribution in [2.45, 2.75) is 65.7 Å². The van der Waals surface area contributed by atoms with Gasteiger partial charge in [-0.1, -0.05) is 52.9 Å². The number of carbonyl (C=O) groups excluding carboxylic acids is 1. The Morgan fingerprint density at radius 1 is 1.13 bits per heavy atom. The molecule has 0 aliphatic heterocycles. The zero-order valence-corrected chi connectivity index (χ0v) is 10.6. The highest BCUT2D eigenvalue weighted by molar-refractivity contribution is 5.68. The van der Waals surface area contributed by atoms with Crippen LogP contribution in [0.25, 0.3) is 0 Å². The van der Waals surface area contributed by atoms with Crippen molar-refractivity contribution in [3.63, 3.8) is 0 Å². The van der Waals surface area contributed by atoms with Gasteiger partial charge in [0, 0.05) is 6.42 Å². The van der Waals surface area contributed by atoms with Crippen molar-refractivity contribution in [3.8, 4) is 0 Å². The van der Waals surface area contributed by atoms with Crippen LogP contribution in [0.5, 0.6) is 0 Å². The van der Waals surface area contributed by atoms with Crippen LogP contribution in [0.3, 0.4) is 0 Å². The number of hydrogen-bond donors (Lipinski definition) is 0. The molecular formula is C13H26O2. The molecule has 0 aromatic heterocycles. The summed E-state index contributed by atoms with van der Waals surface area (Å²) >= 11 is 0. The fourth-order valence-electron chi connectivity index (χ4n) is 1.44. The van der Waals surface area contributed by atoms with E-state index in [2.05, 4.69) is 13.8 Å². The van der Waals surface area contributed by atoms with Crippen molar-refractivity contribution in [2.75, 3.05) is 6.61 Å². The van der Waals surface area contributed by atoms with Gasteiger partial charge in [-0.15, -0.1) is 0 Å². The number of rotatable bonds is 9. The van der Waals surface area contributed by atoms with E-state index in [0.717, 1.165) is 12.3 Å². The topological polar surface area (TPSA) is 26.3 Å². The molecule has 2 heteroatoms. The number of hydrogen-bond acceptors (Lipinski definition) is 2. The summed E-state index contributed by atoms with van der Waals surface area (Å²) in [7, 11) is 0. The largest absolute Gasteiger partial charge is 0.466 e. The lowest BCUT2D eigenvalue weighted by atomic mass is 10.0. The molecule has 0 saturated carbocycles.